The summed E-state index contributed by atoms with van der Waals surface area (Å²) in [5.41, 5.74) is 14.2. The monoisotopic (exact) mass is 423 g/mol. The zero-order valence-corrected chi connectivity index (χ0v) is 18.5. The third-order valence-electron chi connectivity index (χ3n) is 7.73. The van der Waals surface area contributed by atoms with Crippen molar-refractivity contribution in [3.8, 4) is 16.9 Å². The minimum Gasteiger partial charge on any atom is -0.490 e. The van der Waals surface area contributed by atoms with Crippen LogP contribution in [0.15, 0.2) is 29.1 Å². The van der Waals surface area contributed by atoms with Gasteiger partial charge in [-0.1, -0.05) is 19.1 Å². The Hall–Kier alpha value is -2.54. The molecule has 5 rings (SSSR count). The highest BCUT2D eigenvalue weighted by atomic mass is 16.5. The van der Waals surface area contributed by atoms with Crippen LogP contribution >= 0.6 is 0 Å². The standard InChI is InChI=1S/C24H33N5O2/c1-15-9-10-24(20(15)25)11-13-29(14-12-24)23-27-21(26)19(22(30)28(23)2)16-3-5-17(6-4-16)31-18-7-8-18/h3-6,15,18,20H,7-14,25-26H2,1-2H3/t15-,20-/m1/s1. The molecular formula is C24H33N5O2. The van der Waals surface area contributed by atoms with E-state index in [1.165, 1.54) is 12.8 Å². The van der Waals surface area contributed by atoms with Gasteiger partial charge in [0, 0.05) is 26.2 Å². The zero-order chi connectivity index (χ0) is 21.8. The average Bonchev–Trinajstić information content (AvgIpc) is 3.55. The van der Waals surface area contributed by atoms with Crippen molar-refractivity contribution < 1.29 is 4.74 Å². The largest absolute Gasteiger partial charge is 0.490 e. The fourth-order valence-electron chi connectivity index (χ4n) is 5.44. The molecule has 0 bridgehead atoms. The van der Waals surface area contributed by atoms with Crippen molar-refractivity contribution in [3.63, 3.8) is 0 Å². The van der Waals surface area contributed by atoms with Gasteiger partial charge in [-0.2, -0.15) is 4.98 Å². The number of anilines is 2. The van der Waals surface area contributed by atoms with E-state index >= 15 is 0 Å². The summed E-state index contributed by atoms with van der Waals surface area (Å²) in [4.78, 5) is 20.1. The van der Waals surface area contributed by atoms with Crippen LogP contribution in [-0.4, -0.2) is 34.8 Å². The van der Waals surface area contributed by atoms with E-state index in [4.69, 9.17) is 16.2 Å². The number of piperidine rings is 1. The Morgan fingerprint density at radius 1 is 1.10 bits per heavy atom. The van der Waals surface area contributed by atoms with E-state index in [9.17, 15) is 4.79 Å². The van der Waals surface area contributed by atoms with Gasteiger partial charge in [0.05, 0.1) is 11.7 Å². The van der Waals surface area contributed by atoms with Crippen molar-refractivity contribution in [2.75, 3.05) is 23.7 Å². The highest BCUT2D eigenvalue weighted by molar-refractivity contribution is 5.74. The minimum atomic E-state index is -0.121. The molecule has 0 amide bonds. The molecule has 1 saturated heterocycles. The number of ether oxygens (including phenoxy) is 1. The maximum atomic E-state index is 13.2. The number of nitrogens with two attached hydrogens (primary N) is 2. The third kappa shape index (κ3) is 3.59. The molecule has 1 spiro atoms. The van der Waals surface area contributed by atoms with Gasteiger partial charge in [0.1, 0.15) is 11.6 Å². The molecule has 2 aliphatic carbocycles. The van der Waals surface area contributed by atoms with E-state index in [1.807, 2.05) is 24.3 Å². The van der Waals surface area contributed by atoms with Crippen LogP contribution in [0.1, 0.15) is 45.4 Å². The summed E-state index contributed by atoms with van der Waals surface area (Å²) < 4.78 is 7.44. The lowest BCUT2D eigenvalue weighted by molar-refractivity contribution is 0.185. The maximum absolute atomic E-state index is 13.2. The second-order valence-electron chi connectivity index (χ2n) is 9.77. The first-order chi connectivity index (χ1) is 14.9. The first-order valence-corrected chi connectivity index (χ1v) is 11.5. The Morgan fingerprint density at radius 2 is 1.77 bits per heavy atom. The zero-order valence-electron chi connectivity index (χ0n) is 18.5. The first-order valence-electron chi connectivity index (χ1n) is 11.5. The molecule has 3 fully saturated rings. The van der Waals surface area contributed by atoms with Crippen LogP contribution in [0.3, 0.4) is 0 Å². The molecule has 7 heteroatoms. The van der Waals surface area contributed by atoms with Crippen LogP contribution in [0.5, 0.6) is 5.75 Å². The molecule has 7 nitrogen and oxygen atoms in total. The van der Waals surface area contributed by atoms with Crippen molar-refractivity contribution in [2.24, 2.45) is 24.1 Å². The lowest BCUT2D eigenvalue weighted by Gasteiger charge is -2.43. The van der Waals surface area contributed by atoms with Gasteiger partial charge in [0.2, 0.25) is 5.95 Å². The van der Waals surface area contributed by atoms with Crippen LogP contribution in [0, 0.1) is 11.3 Å². The Labute approximate surface area is 183 Å². The van der Waals surface area contributed by atoms with E-state index in [-0.39, 0.29) is 22.8 Å². The second kappa shape index (κ2) is 7.55. The molecule has 0 unspecified atom stereocenters. The second-order valence-corrected chi connectivity index (χ2v) is 9.77. The maximum Gasteiger partial charge on any atom is 0.264 e. The van der Waals surface area contributed by atoms with Gasteiger partial charge in [-0.05, 0) is 67.6 Å². The minimum absolute atomic E-state index is 0.121. The van der Waals surface area contributed by atoms with E-state index in [0.717, 1.165) is 50.1 Å². The molecule has 3 aliphatic rings. The Balaban J connectivity index is 1.37. The van der Waals surface area contributed by atoms with Crippen LogP contribution < -0.4 is 26.7 Å². The molecule has 1 aromatic carbocycles. The molecule has 166 valence electrons. The van der Waals surface area contributed by atoms with Gasteiger partial charge in [0.25, 0.3) is 5.56 Å². The summed E-state index contributed by atoms with van der Waals surface area (Å²) in [6, 6.07) is 7.84. The van der Waals surface area contributed by atoms with Crippen molar-refractivity contribution >= 4 is 11.8 Å². The van der Waals surface area contributed by atoms with Crippen LogP contribution in [0.2, 0.25) is 0 Å². The van der Waals surface area contributed by atoms with Gasteiger partial charge >= 0.3 is 0 Å². The highest BCUT2D eigenvalue weighted by Crippen LogP contribution is 2.48. The summed E-state index contributed by atoms with van der Waals surface area (Å²) in [6.07, 6.45) is 7.07. The SMILES string of the molecule is C[C@@H]1CCC2(CCN(c3nc(N)c(-c4ccc(OC5CC5)cc4)c(=O)n3C)CC2)[C@@H]1N. The Bertz CT molecular complexity index is 1020. The van der Waals surface area contributed by atoms with Crippen LogP contribution in [0.4, 0.5) is 11.8 Å². The summed E-state index contributed by atoms with van der Waals surface area (Å²) in [6.45, 7) is 3.97. The summed E-state index contributed by atoms with van der Waals surface area (Å²) in [5, 5.41) is 0. The molecule has 2 atom stereocenters. The van der Waals surface area contributed by atoms with Gasteiger partial charge < -0.3 is 21.1 Å². The molecule has 2 heterocycles. The van der Waals surface area contributed by atoms with Crippen LogP contribution in [-0.2, 0) is 7.05 Å². The van der Waals surface area contributed by atoms with Gasteiger partial charge in [0.15, 0.2) is 0 Å². The van der Waals surface area contributed by atoms with Crippen molar-refractivity contribution in [2.45, 2.75) is 57.6 Å². The van der Waals surface area contributed by atoms with E-state index < -0.39 is 0 Å². The van der Waals surface area contributed by atoms with Gasteiger partial charge in [-0.25, -0.2) is 0 Å². The molecule has 1 aromatic heterocycles. The number of benzene rings is 1. The van der Waals surface area contributed by atoms with Gasteiger partial charge in [-0.15, -0.1) is 0 Å². The Morgan fingerprint density at radius 3 is 2.35 bits per heavy atom. The summed E-state index contributed by atoms with van der Waals surface area (Å²) in [5.74, 6) is 2.34. The number of hydrogen-bond acceptors (Lipinski definition) is 6. The number of hydrogen-bond donors (Lipinski definition) is 2. The summed E-state index contributed by atoms with van der Waals surface area (Å²) in [7, 11) is 1.78. The number of rotatable bonds is 4. The molecule has 31 heavy (non-hydrogen) atoms. The van der Waals surface area contributed by atoms with E-state index in [0.29, 0.717) is 23.5 Å². The first kappa shape index (κ1) is 20.4. The smallest absolute Gasteiger partial charge is 0.264 e. The average molecular weight is 424 g/mol. The third-order valence-corrected chi connectivity index (χ3v) is 7.73. The number of nitrogens with zero attached hydrogens (tertiary/aromatic N) is 3. The number of aromatic nitrogens is 2. The Kier molecular flexibility index (Phi) is 4.96. The van der Waals surface area contributed by atoms with Crippen LogP contribution in [0.25, 0.3) is 11.1 Å². The predicted molar refractivity (Wildman–Crippen MR) is 123 cm³/mol. The molecule has 1 aliphatic heterocycles. The van der Waals surface area contributed by atoms with Crippen molar-refractivity contribution in [1.29, 1.82) is 0 Å². The molecule has 2 aromatic rings. The van der Waals surface area contributed by atoms with Crippen molar-refractivity contribution in [1.82, 2.24) is 9.55 Å². The summed E-state index contributed by atoms with van der Waals surface area (Å²) >= 11 is 0. The molecule has 4 N–H and O–H groups in total. The number of nitrogen functional groups attached to an aromatic ring is 1. The fraction of sp³-hybridized carbons (Fsp3) is 0.583. The van der Waals surface area contributed by atoms with Crippen molar-refractivity contribution in [3.05, 3.63) is 34.6 Å². The molecule has 0 radical (unpaired) electrons. The fourth-order valence-corrected chi connectivity index (χ4v) is 5.44. The molecular weight excluding hydrogens is 390 g/mol. The quantitative estimate of drug-likeness (QED) is 0.784. The topological polar surface area (TPSA) is 99.4 Å². The predicted octanol–water partition coefficient (Wildman–Crippen LogP) is 2.91. The highest BCUT2D eigenvalue weighted by Gasteiger charge is 2.46. The lowest BCUT2D eigenvalue weighted by atomic mass is 9.73. The van der Waals surface area contributed by atoms with E-state index in [1.54, 1.807) is 11.6 Å². The van der Waals surface area contributed by atoms with Gasteiger partial charge in [-0.3, -0.25) is 9.36 Å². The lowest BCUT2D eigenvalue weighted by Crippen LogP contribution is -2.49. The van der Waals surface area contributed by atoms with E-state index in [2.05, 4.69) is 16.8 Å². The molecule has 2 saturated carbocycles. The normalized spacial score (nSPS) is 25.2.